The number of aliphatic carboxylic acids is 1. The number of rotatable bonds is 5. The molecule has 1 atom stereocenters. The van der Waals surface area contributed by atoms with E-state index in [2.05, 4.69) is 24.0 Å². The van der Waals surface area contributed by atoms with Crippen molar-refractivity contribution in [3.63, 3.8) is 0 Å². The number of hydrogen-bond acceptors (Lipinski definition) is 5. The SMILES string of the molecule is CC(C)Cc1noc(CN2CCCCC2C(=O)O)n1. The van der Waals surface area contributed by atoms with E-state index in [9.17, 15) is 9.90 Å². The monoisotopic (exact) mass is 267 g/mol. The van der Waals surface area contributed by atoms with Gasteiger partial charge < -0.3 is 9.63 Å². The van der Waals surface area contributed by atoms with Gasteiger partial charge in [-0.2, -0.15) is 4.98 Å². The van der Waals surface area contributed by atoms with Crippen molar-refractivity contribution in [2.45, 2.75) is 52.1 Å². The van der Waals surface area contributed by atoms with Gasteiger partial charge in [-0.25, -0.2) is 0 Å². The molecule has 1 N–H and O–H groups in total. The zero-order chi connectivity index (χ0) is 13.8. The Labute approximate surface area is 112 Å². The van der Waals surface area contributed by atoms with Gasteiger partial charge in [0.25, 0.3) is 0 Å². The molecule has 1 fully saturated rings. The maximum absolute atomic E-state index is 11.2. The Balaban J connectivity index is 1.98. The normalized spacial score (nSPS) is 20.9. The highest BCUT2D eigenvalue weighted by molar-refractivity contribution is 5.73. The highest BCUT2D eigenvalue weighted by Gasteiger charge is 2.29. The number of nitrogens with zero attached hydrogens (tertiary/aromatic N) is 3. The lowest BCUT2D eigenvalue weighted by Crippen LogP contribution is -2.44. The molecule has 1 unspecified atom stereocenters. The van der Waals surface area contributed by atoms with Crippen LogP contribution in [0.15, 0.2) is 4.52 Å². The Morgan fingerprint density at radius 2 is 2.32 bits per heavy atom. The number of aromatic nitrogens is 2. The second kappa shape index (κ2) is 6.14. The molecule has 19 heavy (non-hydrogen) atoms. The van der Waals surface area contributed by atoms with E-state index in [-0.39, 0.29) is 0 Å². The third-order valence-corrected chi connectivity index (χ3v) is 3.34. The molecule has 1 aromatic heterocycles. The highest BCUT2D eigenvalue weighted by Crippen LogP contribution is 2.19. The number of carboxylic acid groups (broad SMARTS) is 1. The van der Waals surface area contributed by atoms with E-state index in [1.165, 1.54) is 0 Å². The second-order valence-electron chi connectivity index (χ2n) is 5.52. The third kappa shape index (κ3) is 3.76. The first-order valence-corrected chi connectivity index (χ1v) is 6.84. The van der Waals surface area contributed by atoms with Crippen LogP contribution in [0.25, 0.3) is 0 Å². The highest BCUT2D eigenvalue weighted by atomic mass is 16.5. The Morgan fingerprint density at radius 3 is 3.00 bits per heavy atom. The predicted octanol–water partition coefficient (Wildman–Crippen LogP) is 1.71. The van der Waals surface area contributed by atoms with Crippen LogP contribution in [0.4, 0.5) is 0 Å². The summed E-state index contributed by atoms with van der Waals surface area (Å²) in [6, 6.07) is -0.422. The van der Waals surface area contributed by atoms with Crippen molar-refractivity contribution in [1.82, 2.24) is 15.0 Å². The van der Waals surface area contributed by atoms with Crippen LogP contribution >= 0.6 is 0 Å². The van der Waals surface area contributed by atoms with E-state index in [0.29, 0.717) is 30.6 Å². The van der Waals surface area contributed by atoms with Crippen molar-refractivity contribution in [3.8, 4) is 0 Å². The van der Waals surface area contributed by atoms with Crippen LogP contribution in [0.2, 0.25) is 0 Å². The largest absolute Gasteiger partial charge is 0.480 e. The van der Waals surface area contributed by atoms with Crippen LogP contribution in [0.3, 0.4) is 0 Å². The lowest BCUT2D eigenvalue weighted by Gasteiger charge is -2.31. The standard InChI is InChI=1S/C13H21N3O3/c1-9(2)7-11-14-12(19-15-11)8-16-6-4-3-5-10(16)13(17)18/h9-10H,3-8H2,1-2H3,(H,17,18). The molecule has 1 aliphatic rings. The van der Waals surface area contributed by atoms with Crippen LogP contribution in [-0.2, 0) is 17.8 Å². The van der Waals surface area contributed by atoms with Gasteiger partial charge >= 0.3 is 5.97 Å². The fourth-order valence-corrected chi connectivity index (χ4v) is 2.44. The molecular weight excluding hydrogens is 246 g/mol. The minimum atomic E-state index is -0.762. The van der Waals surface area contributed by atoms with E-state index in [4.69, 9.17) is 4.52 Å². The number of carboxylic acids is 1. The van der Waals surface area contributed by atoms with Gasteiger partial charge in [-0.05, 0) is 25.3 Å². The van der Waals surface area contributed by atoms with Gasteiger partial charge in [-0.1, -0.05) is 25.4 Å². The van der Waals surface area contributed by atoms with Gasteiger partial charge in [0.1, 0.15) is 6.04 Å². The maximum atomic E-state index is 11.2. The number of likely N-dealkylation sites (tertiary alicyclic amines) is 1. The van der Waals surface area contributed by atoms with Crippen molar-refractivity contribution in [2.75, 3.05) is 6.54 Å². The van der Waals surface area contributed by atoms with E-state index in [1.54, 1.807) is 0 Å². The van der Waals surface area contributed by atoms with Crippen LogP contribution in [0.1, 0.15) is 44.8 Å². The minimum absolute atomic E-state index is 0.422. The lowest BCUT2D eigenvalue weighted by atomic mass is 10.0. The van der Waals surface area contributed by atoms with Crippen molar-refractivity contribution in [3.05, 3.63) is 11.7 Å². The Kier molecular flexibility index (Phi) is 4.52. The zero-order valence-corrected chi connectivity index (χ0v) is 11.5. The summed E-state index contributed by atoms with van der Waals surface area (Å²) in [4.78, 5) is 17.4. The molecule has 0 radical (unpaired) electrons. The van der Waals surface area contributed by atoms with E-state index >= 15 is 0 Å². The summed E-state index contributed by atoms with van der Waals surface area (Å²) in [6.07, 6.45) is 3.47. The summed E-state index contributed by atoms with van der Waals surface area (Å²) in [5.41, 5.74) is 0. The van der Waals surface area contributed by atoms with Crippen molar-refractivity contribution in [1.29, 1.82) is 0 Å². The minimum Gasteiger partial charge on any atom is -0.480 e. The molecule has 0 aromatic carbocycles. The van der Waals surface area contributed by atoms with E-state index < -0.39 is 12.0 Å². The molecule has 6 heteroatoms. The first-order chi connectivity index (χ1) is 9.06. The molecular formula is C13H21N3O3. The van der Waals surface area contributed by atoms with Crippen molar-refractivity contribution >= 4 is 5.97 Å². The Morgan fingerprint density at radius 1 is 1.53 bits per heavy atom. The first-order valence-electron chi connectivity index (χ1n) is 6.84. The molecule has 2 rings (SSSR count). The molecule has 1 saturated heterocycles. The first kappa shape index (κ1) is 14.0. The summed E-state index contributed by atoms with van der Waals surface area (Å²) in [5, 5.41) is 13.1. The Bertz CT molecular complexity index is 431. The summed E-state index contributed by atoms with van der Waals surface area (Å²) in [7, 11) is 0. The maximum Gasteiger partial charge on any atom is 0.320 e. The smallest absolute Gasteiger partial charge is 0.320 e. The van der Waals surface area contributed by atoms with Gasteiger partial charge in [0.2, 0.25) is 5.89 Å². The predicted molar refractivity (Wildman–Crippen MR) is 68.5 cm³/mol. The number of hydrogen-bond donors (Lipinski definition) is 1. The Hall–Kier alpha value is -1.43. The van der Waals surface area contributed by atoms with E-state index in [0.717, 1.165) is 25.8 Å². The van der Waals surface area contributed by atoms with Crippen molar-refractivity contribution < 1.29 is 14.4 Å². The fraction of sp³-hybridized carbons (Fsp3) is 0.769. The van der Waals surface area contributed by atoms with Crippen LogP contribution in [0.5, 0.6) is 0 Å². The molecule has 2 heterocycles. The van der Waals surface area contributed by atoms with Gasteiger partial charge in [0, 0.05) is 6.42 Å². The topological polar surface area (TPSA) is 79.5 Å². The molecule has 106 valence electrons. The summed E-state index contributed by atoms with van der Waals surface area (Å²) < 4.78 is 5.20. The molecule has 1 aromatic rings. The molecule has 0 bridgehead atoms. The van der Waals surface area contributed by atoms with Gasteiger partial charge in [0.15, 0.2) is 5.82 Å². The number of piperidine rings is 1. The fourth-order valence-electron chi connectivity index (χ4n) is 2.44. The molecule has 0 spiro atoms. The van der Waals surface area contributed by atoms with Gasteiger partial charge in [-0.3, -0.25) is 9.69 Å². The molecule has 1 aliphatic heterocycles. The average molecular weight is 267 g/mol. The van der Waals surface area contributed by atoms with Crippen LogP contribution < -0.4 is 0 Å². The quantitative estimate of drug-likeness (QED) is 0.874. The van der Waals surface area contributed by atoms with Gasteiger partial charge in [-0.15, -0.1) is 0 Å². The van der Waals surface area contributed by atoms with E-state index in [1.807, 2.05) is 4.90 Å². The summed E-state index contributed by atoms with van der Waals surface area (Å²) in [6.45, 7) is 5.41. The van der Waals surface area contributed by atoms with Crippen LogP contribution in [0, 0.1) is 5.92 Å². The summed E-state index contributed by atoms with van der Waals surface area (Å²) in [5.74, 6) is 0.937. The van der Waals surface area contributed by atoms with Crippen molar-refractivity contribution in [2.24, 2.45) is 5.92 Å². The van der Waals surface area contributed by atoms with Gasteiger partial charge in [0.05, 0.1) is 6.54 Å². The summed E-state index contributed by atoms with van der Waals surface area (Å²) >= 11 is 0. The van der Waals surface area contributed by atoms with Crippen LogP contribution in [-0.4, -0.2) is 38.7 Å². The molecule has 0 aliphatic carbocycles. The average Bonchev–Trinajstić information content (AvgIpc) is 2.76. The second-order valence-corrected chi connectivity index (χ2v) is 5.52. The lowest BCUT2D eigenvalue weighted by molar-refractivity contribution is -0.145. The number of carbonyl (C=O) groups is 1. The molecule has 6 nitrogen and oxygen atoms in total. The molecule has 0 amide bonds. The molecule has 0 saturated carbocycles. The zero-order valence-electron chi connectivity index (χ0n) is 11.5. The third-order valence-electron chi connectivity index (χ3n) is 3.34.